The van der Waals surface area contributed by atoms with E-state index in [1.165, 1.54) is 18.4 Å². The van der Waals surface area contributed by atoms with Crippen LogP contribution >= 0.6 is 0 Å². The number of carbonyl (C=O) groups is 2. The van der Waals surface area contributed by atoms with E-state index in [1.54, 1.807) is 13.0 Å². The molecule has 0 saturated heterocycles. The molecule has 0 unspecified atom stereocenters. The lowest BCUT2D eigenvalue weighted by Gasteiger charge is -1.99. The first-order valence-electron chi connectivity index (χ1n) is 7.02. The van der Waals surface area contributed by atoms with E-state index in [4.69, 9.17) is 20.3 Å². The molecule has 7 nitrogen and oxygen atoms in total. The van der Waals surface area contributed by atoms with Crippen molar-refractivity contribution in [3.05, 3.63) is 47.2 Å². The molecule has 0 atom stereocenters. The minimum absolute atomic E-state index is 0.00241. The molecule has 1 aromatic rings. The van der Waals surface area contributed by atoms with Gasteiger partial charge in [0.2, 0.25) is 0 Å². The highest BCUT2D eigenvalue weighted by Gasteiger charge is 2.09. The molecule has 0 heterocycles. The average Bonchev–Trinajstić information content (AvgIpc) is 2.46. The van der Waals surface area contributed by atoms with Crippen LogP contribution in [0.5, 0.6) is 0 Å². The topological polar surface area (TPSA) is 124 Å². The highest BCUT2D eigenvalue weighted by molar-refractivity contribution is 6.32. The van der Waals surface area contributed by atoms with Crippen molar-refractivity contribution in [2.75, 3.05) is 0 Å². The number of rotatable bonds is 7. The second kappa shape index (κ2) is 11.3. The minimum Gasteiger partial charge on any atom is -0.519 e. The molecule has 4 N–H and O–H groups in total. The monoisotopic (exact) mass is 324 g/mol. The second-order valence-electron chi connectivity index (χ2n) is 4.67. The summed E-state index contributed by atoms with van der Waals surface area (Å²) in [5, 5.41) is 33.6. The molecule has 126 valence electrons. The van der Waals surface area contributed by atoms with Crippen LogP contribution in [-0.2, 0) is 4.65 Å². The average molecular weight is 324 g/mol. The Balaban J connectivity index is 0.000000438. The lowest BCUT2D eigenvalue weighted by Crippen LogP contribution is -2.12. The van der Waals surface area contributed by atoms with Gasteiger partial charge in [-0.15, -0.1) is 0 Å². The van der Waals surface area contributed by atoms with Crippen LogP contribution in [0.3, 0.4) is 0 Å². The van der Waals surface area contributed by atoms with Crippen molar-refractivity contribution < 1.29 is 34.5 Å². The first-order valence-corrected chi connectivity index (χ1v) is 7.02. The number of carboxylic acids is 2. The Labute approximate surface area is 135 Å². The Morgan fingerprint density at radius 1 is 1.13 bits per heavy atom. The third kappa shape index (κ3) is 10.1. The van der Waals surface area contributed by atoms with Gasteiger partial charge in [-0.3, -0.25) is 0 Å². The third-order valence-corrected chi connectivity index (χ3v) is 2.59. The van der Waals surface area contributed by atoms with E-state index in [0.29, 0.717) is 5.56 Å². The molecule has 0 aromatic heterocycles. The maximum Gasteiger partial charge on any atom is 0.707 e. The smallest absolute Gasteiger partial charge is 0.519 e. The Kier molecular flexibility index (Phi) is 10.1. The van der Waals surface area contributed by atoms with Gasteiger partial charge in [0.05, 0.1) is 17.4 Å². The van der Waals surface area contributed by atoms with E-state index < -0.39 is 19.3 Å². The van der Waals surface area contributed by atoms with Gasteiger partial charge in [-0.1, -0.05) is 19.4 Å². The van der Waals surface area contributed by atoms with Gasteiger partial charge >= 0.3 is 19.3 Å². The lowest BCUT2D eigenvalue weighted by atomic mass is 10.1. The summed E-state index contributed by atoms with van der Waals surface area (Å²) < 4.78 is 4.32. The molecule has 1 aromatic carbocycles. The van der Waals surface area contributed by atoms with Crippen molar-refractivity contribution in [2.24, 2.45) is 0 Å². The maximum absolute atomic E-state index is 10.5. The third-order valence-electron chi connectivity index (χ3n) is 2.59. The molecule has 0 spiro atoms. The normalized spacial score (nSPS) is 9.91. The molecule has 8 heteroatoms. The predicted molar refractivity (Wildman–Crippen MR) is 85.0 cm³/mol. The number of carboxylic acid groups (broad SMARTS) is 2. The van der Waals surface area contributed by atoms with Gasteiger partial charge in [-0.05, 0) is 43.5 Å². The molecule has 0 amide bonds. The zero-order valence-electron chi connectivity index (χ0n) is 13.1. The van der Waals surface area contributed by atoms with Crippen LogP contribution in [0.15, 0.2) is 30.5 Å². The van der Waals surface area contributed by atoms with E-state index >= 15 is 0 Å². The van der Waals surface area contributed by atoms with Crippen LogP contribution in [-0.4, -0.2) is 39.5 Å². The number of aromatic carboxylic acids is 2. The molecule has 0 fully saturated rings. The fraction of sp³-hybridized carbons (Fsp3) is 0.333. The number of allylic oxidation sites excluding steroid dienone is 1. The Bertz CT molecular complexity index is 508. The first-order chi connectivity index (χ1) is 10.8. The van der Waals surface area contributed by atoms with Crippen molar-refractivity contribution in [3.8, 4) is 0 Å². The molecule has 0 aliphatic rings. The molecule has 0 aliphatic carbocycles. The largest absolute Gasteiger partial charge is 0.707 e. The standard InChI is InChI=1S/C9H8O4.C6H13BO3/c1-5-2-6(8(10)11)4-7(3-5)9(12)13;1-2-3-4-5-6-10-7(8)9/h2-4H,1H3,(H,10,11)(H,12,13);5-6,8-9H,2-4H2,1H3. The number of hydrogen-bond acceptors (Lipinski definition) is 5. The molecule has 0 saturated carbocycles. The summed E-state index contributed by atoms with van der Waals surface area (Å²) in [6.45, 7) is 3.74. The Hall–Kier alpha value is -2.32. The van der Waals surface area contributed by atoms with Crippen LogP contribution in [0.25, 0.3) is 0 Å². The highest BCUT2D eigenvalue weighted by atomic mass is 16.6. The van der Waals surface area contributed by atoms with Gasteiger partial charge in [0.25, 0.3) is 0 Å². The minimum atomic E-state index is -1.68. The SMILES string of the molecule is CCCCC=COB(O)O.Cc1cc(C(=O)O)cc(C(=O)O)c1. The van der Waals surface area contributed by atoms with Crippen LogP contribution in [0.4, 0.5) is 0 Å². The Morgan fingerprint density at radius 3 is 2.04 bits per heavy atom. The van der Waals surface area contributed by atoms with E-state index in [1.807, 2.05) is 0 Å². The van der Waals surface area contributed by atoms with E-state index in [-0.39, 0.29) is 11.1 Å². The fourth-order valence-corrected chi connectivity index (χ4v) is 1.55. The van der Waals surface area contributed by atoms with Gasteiger partial charge in [0, 0.05) is 0 Å². The van der Waals surface area contributed by atoms with Crippen molar-refractivity contribution in [3.63, 3.8) is 0 Å². The summed E-state index contributed by atoms with van der Waals surface area (Å²) in [5.74, 6) is -2.24. The van der Waals surface area contributed by atoms with Crippen molar-refractivity contribution in [1.29, 1.82) is 0 Å². The quantitative estimate of drug-likeness (QED) is 0.344. The van der Waals surface area contributed by atoms with Gasteiger partial charge < -0.3 is 24.9 Å². The highest BCUT2D eigenvalue weighted by Crippen LogP contribution is 2.09. The molecule has 0 bridgehead atoms. The zero-order chi connectivity index (χ0) is 17.8. The second-order valence-corrected chi connectivity index (χ2v) is 4.67. The zero-order valence-corrected chi connectivity index (χ0v) is 13.1. The molecule has 0 radical (unpaired) electrons. The summed E-state index contributed by atoms with van der Waals surface area (Å²) in [5.41, 5.74) is 0.618. The van der Waals surface area contributed by atoms with Gasteiger partial charge in [-0.2, -0.15) is 0 Å². The summed E-state index contributed by atoms with van der Waals surface area (Å²) in [6, 6.07) is 3.99. The lowest BCUT2D eigenvalue weighted by molar-refractivity contribution is 0.0696. The number of benzene rings is 1. The van der Waals surface area contributed by atoms with Gasteiger partial charge in [0.1, 0.15) is 0 Å². The summed E-state index contributed by atoms with van der Waals surface area (Å²) in [4.78, 5) is 21.1. The fourth-order valence-electron chi connectivity index (χ4n) is 1.55. The van der Waals surface area contributed by atoms with Crippen LogP contribution in [0, 0.1) is 6.92 Å². The van der Waals surface area contributed by atoms with Crippen LogP contribution < -0.4 is 0 Å². The van der Waals surface area contributed by atoms with E-state index in [9.17, 15) is 9.59 Å². The van der Waals surface area contributed by atoms with Gasteiger partial charge in [0.15, 0.2) is 0 Å². The van der Waals surface area contributed by atoms with Gasteiger partial charge in [-0.25, -0.2) is 9.59 Å². The molecular formula is C15H21BO7. The molecule has 0 aliphatic heterocycles. The van der Waals surface area contributed by atoms with Crippen molar-refractivity contribution in [1.82, 2.24) is 0 Å². The summed E-state index contributed by atoms with van der Waals surface area (Å²) >= 11 is 0. The van der Waals surface area contributed by atoms with Crippen molar-refractivity contribution in [2.45, 2.75) is 33.1 Å². The van der Waals surface area contributed by atoms with Crippen LogP contribution in [0.2, 0.25) is 0 Å². The number of unbranched alkanes of at least 4 members (excludes halogenated alkanes) is 2. The van der Waals surface area contributed by atoms with Crippen LogP contribution in [0.1, 0.15) is 52.5 Å². The molecule has 1 rings (SSSR count). The molecule has 23 heavy (non-hydrogen) atoms. The summed E-state index contributed by atoms with van der Waals surface area (Å²) in [6.07, 6.45) is 6.22. The number of hydrogen-bond donors (Lipinski definition) is 4. The van der Waals surface area contributed by atoms with E-state index in [2.05, 4.69) is 11.6 Å². The Morgan fingerprint density at radius 2 is 1.65 bits per heavy atom. The number of aryl methyl sites for hydroxylation is 1. The first kappa shape index (κ1) is 20.7. The molecular weight excluding hydrogens is 303 g/mol. The summed E-state index contributed by atoms with van der Waals surface area (Å²) in [7, 11) is -1.68. The van der Waals surface area contributed by atoms with Crippen molar-refractivity contribution >= 4 is 19.3 Å². The maximum atomic E-state index is 10.5. The predicted octanol–water partition coefficient (Wildman–Crippen LogP) is 2.07. The van der Waals surface area contributed by atoms with E-state index in [0.717, 1.165) is 25.3 Å².